The third kappa shape index (κ3) is 5.08. The Balaban J connectivity index is 1.29. The lowest BCUT2D eigenvalue weighted by atomic mass is 10.0. The molecule has 4 heterocycles. The third-order valence-corrected chi connectivity index (χ3v) is 5.85. The molecule has 31 heavy (non-hydrogen) atoms. The van der Waals surface area contributed by atoms with Crippen LogP contribution in [0.4, 0.5) is 4.39 Å². The van der Waals surface area contributed by atoms with Gasteiger partial charge in [-0.1, -0.05) is 0 Å². The summed E-state index contributed by atoms with van der Waals surface area (Å²) in [5.41, 5.74) is 3.60. The maximum absolute atomic E-state index is 13.8. The van der Waals surface area contributed by atoms with Gasteiger partial charge < -0.3 is 19.5 Å². The molecule has 0 amide bonds. The highest BCUT2D eigenvalue weighted by Crippen LogP contribution is 2.16. The number of pyridine rings is 3. The molecule has 1 aliphatic rings. The largest absolute Gasteiger partial charge is 0.479 e. The highest BCUT2D eigenvalue weighted by molar-refractivity contribution is 5.74. The van der Waals surface area contributed by atoms with Crippen molar-refractivity contribution in [2.45, 2.75) is 38.9 Å². The summed E-state index contributed by atoms with van der Waals surface area (Å²) in [6.45, 7) is 5.97. The molecule has 1 aliphatic heterocycles. The van der Waals surface area contributed by atoms with Crippen molar-refractivity contribution in [3.8, 4) is 5.88 Å². The number of nitrogens with one attached hydrogen (secondary N) is 1. The Bertz CT molecular complexity index is 1110. The Morgan fingerprint density at radius 3 is 2.71 bits per heavy atom. The number of ether oxygens (including phenoxy) is 1. The fourth-order valence-electron chi connectivity index (χ4n) is 4.07. The van der Waals surface area contributed by atoms with Gasteiger partial charge >= 0.3 is 0 Å². The van der Waals surface area contributed by atoms with E-state index in [1.165, 1.54) is 13.2 Å². The molecule has 1 fully saturated rings. The van der Waals surface area contributed by atoms with Gasteiger partial charge in [-0.25, -0.2) is 9.37 Å². The van der Waals surface area contributed by atoms with Crippen LogP contribution in [0, 0.1) is 12.7 Å². The van der Waals surface area contributed by atoms with Crippen LogP contribution in [-0.2, 0) is 13.1 Å². The molecule has 0 radical (unpaired) electrons. The molecular formula is C23H28FN5O2. The molecule has 1 N–H and O–H groups in total. The number of fused-ring (bicyclic) bond motifs is 1. The maximum Gasteiger partial charge on any atom is 0.251 e. The second-order valence-electron chi connectivity index (χ2n) is 8.07. The zero-order valence-electron chi connectivity index (χ0n) is 18.0. The Labute approximate surface area is 180 Å². The molecule has 0 atom stereocenters. The van der Waals surface area contributed by atoms with Gasteiger partial charge in [-0.3, -0.25) is 9.78 Å². The Hall–Kier alpha value is -2.84. The summed E-state index contributed by atoms with van der Waals surface area (Å²) in [5.74, 6) is -0.418. The lowest BCUT2D eigenvalue weighted by Gasteiger charge is -2.32. The Kier molecular flexibility index (Phi) is 6.58. The number of nitrogens with zero attached hydrogens (tertiary/aromatic N) is 4. The number of aromatic nitrogens is 3. The lowest BCUT2D eigenvalue weighted by Crippen LogP contribution is -2.43. The van der Waals surface area contributed by atoms with Gasteiger partial charge in [0, 0.05) is 44.1 Å². The van der Waals surface area contributed by atoms with Crippen molar-refractivity contribution in [3.05, 3.63) is 64.0 Å². The SMILES string of the molecule is COc1ncc(CNC2CCN(CCn3c(=O)ccc4ncc(C)cc43)CC2)cc1F. The number of hydrogen-bond acceptors (Lipinski definition) is 6. The van der Waals surface area contributed by atoms with Crippen molar-refractivity contribution in [1.82, 2.24) is 24.8 Å². The average Bonchev–Trinajstić information content (AvgIpc) is 2.78. The number of methoxy groups -OCH3 is 1. The Morgan fingerprint density at radius 2 is 1.97 bits per heavy atom. The van der Waals surface area contributed by atoms with Crippen LogP contribution in [0.2, 0.25) is 0 Å². The normalized spacial score (nSPS) is 15.5. The van der Waals surface area contributed by atoms with Crippen LogP contribution in [0.15, 0.2) is 41.5 Å². The molecule has 1 saturated heterocycles. The summed E-state index contributed by atoms with van der Waals surface area (Å²) >= 11 is 0. The molecule has 0 aromatic carbocycles. The monoisotopic (exact) mass is 425 g/mol. The van der Waals surface area contributed by atoms with Crippen LogP contribution in [-0.4, -0.2) is 52.2 Å². The predicted octanol–water partition coefficient (Wildman–Crippen LogP) is 2.50. The summed E-state index contributed by atoms with van der Waals surface area (Å²) in [4.78, 5) is 23.2. The van der Waals surface area contributed by atoms with Gasteiger partial charge in [0.15, 0.2) is 5.82 Å². The molecule has 3 aromatic rings. The topological polar surface area (TPSA) is 72.3 Å². The Morgan fingerprint density at radius 1 is 1.16 bits per heavy atom. The number of halogens is 1. The van der Waals surface area contributed by atoms with Gasteiger partial charge in [-0.15, -0.1) is 0 Å². The van der Waals surface area contributed by atoms with Gasteiger partial charge in [0.2, 0.25) is 5.88 Å². The van der Waals surface area contributed by atoms with E-state index in [0.717, 1.165) is 54.6 Å². The van der Waals surface area contributed by atoms with Crippen molar-refractivity contribution in [1.29, 1.82) is 0 Å². The van der Waals surface area contributed by atoms with Gasteiger partial charge in [0.1, 0.15) is 0 Å². The standard InChI is InChI=1S/C23H28FN5O2/c1-16-11-21-20(26-13-16)3-4-22(30)29(21)10-9-28-7-5-18(6-8-28)25-14-17-12-19(24)23(31-2)27-15-17/h3-4,11-13,15,18,25H,5-10,14H2,1-2H3. The first-order chi connectivity index (χ1) is 15.0. The minimum Gasteiger partial charge on any atom is -0.479 e. The minimum absolute atomic E-state index is 0.0109. The van der Waals surface area contributed by atoms with Crippen LogP contribution in [0.3, 0.4) is 0 Å². The molecular weight excluding hydrogens is 397 g/mol. The van der Waals surface area contributed by atoms with E-state index in [2.05, 4.69) is 20.2 Å². The van der Waals surface area contributed by atoms with Gasteiger partial charge in [0.25, 0.3) is 5.56 Å². The van der Waals surface area contributed by atoms with Crippen LogP contribution >= 0.6 is 0 Å². The fourth-order valence-corrected chi connectivity index (χ4v) is 4.07. The van der Waals surface area contributed by atoms with E-state index in [0.29, 0.717) is 19.1 Å². The van der Waals surface area contributed by atoms with Crippen molar-refractivity contribution in [2.24, 2.45) is 0 Å². The van der Waals surface area contributed by atoms with E-state index in [9.17, 15) is 9.18 Å². The van der Waals surface area contributed by atoms with E-state index in [4.69, 9.17) is 4.74 Å². The molecule has 7 nitrogen and oxygen atoms in total. The molecule has 0 unspecified atom stereocenters. The van der Waals surface area contributed by atoms with Crippen molar-refractivity contribution >= 4 is 11.0 Å². The van der Waals surface area contributed by atoms with Crippen molar-refractivity contribution < 1.29 is 9.13 Å². The van der Waals surface area contributed by atoms with Crippen LogP contribution in [0.1, 0.15) is 24.0 Å². The van der Waals surface area contributed by atoms with Crippen molar-refractivity contribution in [3.63, 3.8) is 0 Å². The number of piperidine rings is 1. The van der Waals surface area contributed by atoms with Crippen LogP contribution in [0.5, 0.6) is 5.88 Å². The van der Waals surface area contributed by atoms with E-state index >= 15 is 0 Å². The molecule has 0 aliphatic carbocycles. The molecule has 4 rings (SSSR count). The first-order valence-corrected chi connectivity index (χ1v) is 10.6. The molecule has 164 valence electrons. The van der Waals surface area contributed by atoms with Gasteiger partial charge in [-0.05, 0) is 62.2 Å². The lowest BCUT2D eigenvalue weighted by molar-refractivity contribution is 0.191. The summed E-state index contributed by atoms with van der Waals surface area (Å²) < 4.78 is 20.5. The van der Waals surface area contributed by atoms with Crippen molar-refractivity contribution in [2.75, 3.05) is 26.7 Å². The zero-order chi connectivity index (χ0) is 21.8. The number of rotatable bonds is 7. The number of likely N-dealkylation sites (tertiary alicyclic amines) is 1. The van der Waals surface area contributed by atoms with E-state index < -0.39 is 5.82 Å². The average molecular weight is 426 g/mol. The number of aryl methyl sites for hydroxylation is 1. The third-order valence-electron chi connectivity index (χ3n) is 5.85. The number of hydrogen-bond donors (Lipinski definition) is 1. The van der Waals surface area contributed by atoms with Gasteiger partial charge in [-0.2, -0.15) is 0 Å². The molecule has 0 bridgehead atoms. The molecule has 0 spiro atoms. The smallest absolute Gasteiger partial charge is 0.251 e. The second-order valence-corrected chi connectivity index (χ2v) is 8.07. The maximum atomic E-state index is 13.8. The first kappa shape index (κ1) is 21.4. The predicted molar refractivity (Wildman–Crippen MR) is 118 cm³/mol. The molecule has 8 heteroatoms. The molecule has 0 saturated carbocycles. The fraction of sp³-hybridized carbons (Fsp3) is 0.435. The summed E-state index contributed by atoms with van der Waals surface area (Å²) in [6, 6.07) is 7.25. The van der Waals surface area contributed by atoms with E-state index in [1.807, 2.05) is 23.8 Å². The highest BCUT2D eigenvalue weighted by atomic mass is 19.1. The minimum atomic E-state index is -0.439. The second kappa shape index (κ2) is 9.53. The summed E-state index contributed by atoms with van der Waals surface area (Å²) in [7, 11) is 1.41. The van der Waals surface area contributed by atoms with Gasteiger partial charge in [0.05, 0.1) is 18.1 Å². The first-order valence-electron chi connectivity index (χ1n) is 10.6. The highest BCUT2D eigenvalue weighted by Gasteiger charge is 2.19. The van der Waals surface area contributed by atoms with Crippen LogP contribution in [0.25, 0.3) is 11.0 Å². The quantitative estimate of drug-likeness (QED) is 0.627. The van der Waals surface area contributed by atoms with E-state index in [-0.39, 0.29) is 11.4 Å². The molecule has 3 aromatic heterocycles. The van der Waals surface area contributed by atoms with Crippen LogP contribution < -0.4 is 15.6 Å². The summed E-state index contributed by atoms with van der Waals surface area (Å²) in [6.07, 6.45) is 5.49. The zero-order valence-corrected chi connectivity index (χ0v) is 18.0. The van der Waals surface area contributed by atoms with E-state index in [1.54, 1.807) is 18.3 Å². The summed E-state index contributed by atoms with van der Waals surface area (Å²) in [5, 5.41) is 3.50.